The number of thiophene rings is 1. The number of hydrogen-bond donors (Lipinski definition) is 1. The van der Waals surface area contributed by atoms with E-state index < -0.39 is 10.0 Å². The largest absolute Gasteiger partial charge is 0.250 e. The van der Waals surface area contributed by atoms with E-state index in [2.05, 4.69) is 4.72 Å². The third-order valence-electron chi connectivity index (χ3n) is 1.66. The Morgan fingerprint density at radius 2 is 2.07 bits per heavy atom. The van der Waals surface area contributed by atoms with Crippen molar-refractivity contribution in [2.45, 2.75) is 25.0 Å². The maximum Gasteiger partial charge on any atom is 0.250 e. The van der Waals surface area contributed by atoms with Gasteiger partial charge in [-0.25, -0.2) is 13.1 Å². The first kappa shape index (κ1) is 11.7. The third kappa shape index (κ3) is 3.08. The van der Waals surface area contributed by atoms with Crippen LogP contribution in [0.25, 0.3) is 0 Å². The zero-order valence-corrected chi connectivity index (χ0v) is 10.2. The molecule has 14 heavy (non-hydrogen) atoms. The first-order valence-electron chi connectivity index (χ1n) is 4.48. The molecule has 0 bridgehead atoms. The van der Waals surface area contributed by atoms with Crippen molar-refractivity contribution < 1.29 is 8.42 Å². The molecule has 0 amide bonds. The van der Waals surface area contributed by atoms with Crippen molar-refractivity contribution in [1.82, 2.24) is 4.72 Å². The molecular weight excluding hydrogens is 218 g/mol. The normalized spacial score (nSPS) is 12.3. The summed E-state index contributed by atoms with van der Waals surface area (Å²) in [4.78, 5) is 1.01. The van der Waals surface area contributed by atoms with Crippen molar-refractivity contribution in [3.05, 3.63) is 17.0 Å². The molecule has 0 aliphatic rings. The highest BCUT2D eigenvalue weighted by atomic mass is 32.2. The van der Waals surface area contributed by atoms with Gasteiger partial charge >= 0.3 is 0 Å². The number of rotatable bonds is 4. The van der Waals surface area contributed by atoms with E-state index in [9.17, 15) is 8.42 Å². The summed E-state index contributed by atoms with van der Waals surface area (Å²) in [5.41, 5.74) is 0. The van der Waals surface area contributed by atoms with Crippen LogP contribution in [-0.2, 0) is 10.0 Å². The van der Waals surface area contributed by atoms with E-state index in [-0.39, 0.29) is 0 Å². The molecule has 80 valence electrons. The summed E-state index contributed by atoms with van der Waals surface area (Å²) in [6, 6.07) is 3.46. The van der Waals surface area contributed by atoms with Crippen LogP contribution in [0.4, 0.5) is 0 Å². The van der Waals surface area contributed by atoms with Crippen molar-refractivity contribution in [2.75, 3.05) is 6.54 Å². The van der Waals surface area contributed by atoms with Crippen molar-refractivity contribution in [2.24, 2.45) is 5.92 Å². The van der Waals surface area contributed by atoms with E-state index in [1.165, 1.54) is 11.3 Å². The van der Waals surface area contributed by atoms with Crippen molar-refractivity contribution in [1.29, 1.82) is 0 Å². The Kier molecular flexibility index (Phi) is 3.69. The molecule has 0 aliphatic heterocycles. The van der Waals surface area contributed by atoms with Crippen LogP contribution in [0.5, 0.6) is 0 Å². The molecule has 3 nitrogen and oxygen atoms in total. The van der Waals surface area contributed by atoms with Crippen molar-refractivity contribution in [3.63, 3.8) is 0 Å². The molecule has 0 unspecified atom stereocenters. The predicted octanol–water partition coefficient (Wildman–Crippen LogP) is 1.99. The predicted molar refractivity (Wildman–Crippen MR) is 59.1 cm³/mol. The number of nitrogens with one attached hydrogen (secondary N) is 1. The molecule has 1 heterocycles. The van der Waals surface area contributed by atoms with E-state index in [0.717, 1.165) is 4.88 Å². The van der Waals surface area contributed by atoms with Gasteiger partial charge in [-0.1, -0.05) is 13.8 Å². The lowest BCUT2D eigenvalue weighted by Crippen LogP contribution is -2.26. The lowest BCUT2D eigenvalue weighted by atomic mass is 10.2. The number of hydrogen-bond acceptors (Lipinski definition) is 3. The van der Waals surface area contributed by atoms with Gasteiger partial charge in [0.25, 0.3) is 0 Å². The lowest BCUT2D eigenvalue weighted by Gasteiger charge is -2.06. The third-order valence-corrected chi connectivity index (χ3v) is 4.58. The minimum atomic E-state index is -3.27. The average molecular weight is 233 g/mol. The second-order valence-corrected chi connectivity index (χ2v) is 6.89. The summed E-state index contributed by atoms with van der Waals surface area (Å²) >= 11 is 1.30. The molecule has 5 heteroatoms. The fourth-order valence-electron chi connectivity index (χ4n) is 0.904. The first-order valence-corrected chi connectivity index (χ1v) is 6.78. The van der Waals surface area contributed by atoms with Gasteiger partial charge in [-0.2, -0.15) is 0 Å². The van der Waals surface area contributed by atoms with Gasteiger partial charge in [0.1, 0.15) is 4.21 Å². The molecule has 1 aromatic heterocycles. The van der Waals surface area contributed by atoms with Gasteiger partial charge in [-0.3, -0.25) is 0 Å². The Hall–Kier alpha value is -0.390. The summed E-state index contributed by atoms with van der Waals surface area (Å²) in [5.74, 6) is 0.325. The van der Waals surface area contributed by atoms with Crippen LogP contribution in [0.15, 0.2) is 16.3 Å². The Bertz CT molecular complexity index is 393. The number of aryl methyl sites for hydroxylation is 1. The molecule has 0 saturated heterocycles. The van der Waals surface area contributed by atoms with Gasteiger partial charge in [0, 0.05) is 11.4 Å². The van der Waals surface area contributed by atoms with Gasteiger partial charge in [0.15, 0.2) is 0 Å². The Morgan fingerprint density at radius 3 is 2.50 bits per heavy atom. The van der Waals surface area contributed by atoms with E-state index in [0.29, 0.717) is 16.7 Å². The molecular formula is C9H15NO2S2. The molecule has 0 aliphatic carbocycles. The summed E-state index contributed by atoms with van der Waals surface area (Å²) in [7, 11) is -3.27. The van der Waals surface area contributed by atoms with Crippen LogP contribution in [0, 0.1) is 12.8 Å². The maximum atomic E-state index is 11.6. The van der Waals surface area contributed by atoms with E-state index in [4.69, 9.17) is 0 Å². The fourth-order valence-corrected chi connectivity index (χ4v) is 3.45. The zero-order valence-electron chi connectivity index (χ0n) is 8.57. The van der Waals surface area contributed by atoms with Crippen LogP contribution in [0.3, 0.4) is 0 Å². The second kappa shape index (κ2) is 4.42. The van der Waals surface area contributed by atoms with Gasteiger partial charge in [-0.05, 0) is 25.0 Å². The molecule has 1 rings (SSSR count). The Labute approximate surface area is 89.2 Å². The van der Waals surface area contributed by atoms with Gasteiger partial charge in [0.2, 0.25) is 10.0 Å². The van der Waals surface area contributed by atoms with Crippen molar-refractivity contribution in [3.8, 4) is 0 Å². The topological polar surface area (TPSA) is 46.2 Å². The van der Waals surface area contributed by atoms with E-state index in [1.54, 1.807) is 6.07 Å². The molecule has 0 spiro atoms. The van der Waals surface area contributed by atoms with Crippen LogP contribution in [0.1, 0.15) is 18.7 Å². The highest BCUT2D eigenvalue weighted by Crippen LogP contribution is 2.20. The first-order chi connectivity index (χ1) is 6.42. The minimum Gasteiger partial charge on any atom is -0.210 e. The molecule has 0 saturated carbocycles. The van der Waals surface area contributed by atoms with E-state index >= 15 is 0 Å². The second-order valence-electron chi connectivity index (χ2n) is 3.61. The quantitative estimate of drug-likeness (QED) is 0.864. The Morgan fingerprint density at radius 1 is 1.43 bits per heavy atom. The number of sulfonamides is 1. The molecule has 0 atom stereocenters. The standard InChI is InChI=1S/C9H15NO2S2/c1-7(2)6-10-14(11,12)9-5-4-8(3)13-9/h4-5,7,10H,6H2,1-3H3. The molecule has 0 aromatic carbocycles. The minimum absolute atomic E-state index is 0.325. The monoisotopic (exact) mass is 233 g/mol. The zero-order chi connectivity index (χ0) is 10.8. The average Bonchev–Trinajstić information content (AvgIpc) is 2.49. The summed E-state index contributed by atoms with van der Waals surface area (Å²) in [5, 5.41) is 0. The van der Waals surface area contributed by atoms with Crippen LogP contribution in [0.2, 0.25) is 0 Å². The van der Waals surface area contributed by atoms with Crippen LogP contribution in [-0.4, -0.2) is 15.0 Å². The summed E-state index contributed by atoms with van der Waals surface area (Å²) in [6.45, 7) is 6.33. The highest BCUT2D eigenvalue weighted by molar-refractivity contribution is 7.91. The van der Waals surface area contributed by atoms with Gasteiger partial charge in [-0.15, -0.1) is 11.3 Å². The smallest absolute Gasteiger partial charge is 0.210 e. The maximum absolute atomic E-state index is 11.6. The molecule has 0 fully saturated rings. The van der Waals surface area contributed by atoms with Crippen LogP contribution < -0.4 is 4.72 Å². The SMILES string of the molecule is Cc1ccc(S(=O)(=O)NCC(C)C)s1. The molecule has 1 N–H and O–H groups in total. The summed E-state index contributed by atoms with van der Waals surface area (Å²) < 4.78 is 26.3. The summed E-state index contributed by atoms with van der Waals surface area (Å²) in [6.07, 6.45) is 0. The lowest BCUT2D eigenvalue weighted by molar-refractivity contribution is 0.562. The molecule has 0 radical (unpaired) electrons. The van der Waals surface area contributed by atoms with E-state index in [1.807, 2.05) is 26.8 Å². The highest BCUT2D eigenvalue weighted by Gasteiger charge is 2.15. The van der Waals surface area contributed by atoms with Gasteiger partial charge in [0.05, 0.1) is 0 Å². The molecule has 1 aromatic rings. The van der Waals surface area contributed by atoms with Crippen LogP contribution >= 0.6 is 11.3 Å². The van der Waals surface area contributed by atoms with Gasteiger partial charge < -0.3 is 0 Å². The Balaban J connectivity index is 2.76. The van der Waals surface area contributed by atoms with Crippen molar-refractivity contribution >= 4 is 21.4 Å². The fraction of sp³-hybridized carbons (Fsp3) is 0.556.